The van der Waals surface area contributed by atoms with Crippen LogP contribution in [0.4, 0.5) is 5.69 Å². The van der Waals surface area contributed by atoms with Gasteiger partial charge in [0.15, 0.2) is 0 Å². The van der Waals surface area contributed by atoms with E-state index < -0.39 is 0 Å². The highest BCUT2D eigenvalue weighted by Gasteiger charge is 2.26. The van der Waals surface area contributed by atoms with Crippen molar-refractivity contribution in [3.63, 3.8) is 0 Å². The predicted octanol–water partition coefficient (Wildman–Crippen LogP) is 2.77. The SMILES string of the molecule is CC(N)c1ccccc1N1CCN(C2CCCC2)CC1. The molecule has 1 aromatic carbocycles. The van der Waals surface area contributed by atoms with Gasteiger partial charge in [0.05, 0.1) is 0 Å². The second-order valence-electron chi connectivity index (χ2n) is 6.31. The van der Waals surface area contributed by atoms with Crippen molar-refractivity contribution >= 4 is 5.69 Å². The summed E-state index contributed by atoms with van der Waals surface area (Å²) >= 11 is 0. The molecule has 2 N–H and O–H groups in total. The van der Waals surface area contributed by atoms with Crippen molar-refractivity contribution in [1.82, 2.24) is 4.90 Å². The molecule has 1 heterocycles. The topological polar surface area (TPSA) is 32.5 Å². The van der Waals surface area contributed by atoms with Gasteiger partial charge < -0.3 is 10.6 Å². The minimum Gasteiger partial charge on any atom is -0.369 e. The van der Waals surface area contributed by atoms with Crippen molar-refractivity contribution in [2.45, 2.75) is 44.7 Å². The first-order valence-electron chi connectivity index (χ1n) is 8.09. The molecule has 0 radical (unpaired) electrons. The summed E-state index contributed by atoms with van der Waals surface area (Å²) in [5, 5.41) is 0. The number of nitrogens with zero attached hydrogens (tertiary/aromatic N) is 2. The molecule has 3 heteroatoms. The molecule has 0 spiro atoms. The molecule has 1 saturated heterocycles. The fourth-order valence-corrected chi connectivity index (χ4v) is 3.76. The van der Waals surface area contributed by atoms with Gasteiger partial charge in [-0.15, -0.1) is 0 Å². The molecule has 0 bridgehead atoms. The summed E-state index contributed by atoms with van der Waals surface area (Å²) in [5.74, 6) is 0. The molecular weight excluding hydrogens is 246 g/mol. The van der Waals surface area contributed by atoms with E-state index in [4.69, 9.17) is 5.73 Å². The number of hydrogen-bond donors (Lipinski definition) is 1. The van der Waals surface area contributed by atoms with E-state index in [-0.39, 0.29) is 6.04 Å². The van der Waals surface area contributed by atoms with Crippen LogP contribution in [-0.4, -0.2) is 37.1 Å². The Bertz CT molecular complexity index is 430. The highest BCUT2D eigenvalue weighted by atomic mass is 15.3. The zero-order chi connectivity index (χ0) is 13.9. The first-order chi connectivity index (χ1) is 9.75. The van der Waals surface area contributed by atoms with Crippen molar-refractivity contribution in [2.75, 3.05) is 31.1 Å². The van der Waals surface area contributed by atoms with Gasteiger partial charge in [0.25, 0.3) is 0 Å². The second-order valence-corrected chi connectivity index (χ2v) is 6.31. The molecule has 3 rings (SSSR count). The summed E-state index contributed by atoms with van der Waals surface area (Å²) in [7, 11) is 0. The summed E-state index contributed by atoms with van der Waals surface area (Å²) in [6, 6.07) is 9.59. The highest BCUT2D eigenvalue weighted by Crippen LogP contribution is 2.28. The summed E-state index contributed by atoms with van der Waals surface area (Å²) in [6.07, 6.45) is 5.68. The molecule has 1 atom stereocenters. The van der Waals surface area contributed by atoms with Gasteiger partial charge in [0.1, 0.15) is 0 Å². The Morgan fingerprint density at radius 1 is 1.05 bits per heavy atom. The molecule has 0 amide bonds. The number of benzene rings is 1. The molecule has 110 valence electrons. The summed E-state index contributed by atoms with van der Waals surface area (Å²) in [6.45, 7) is 6.77. The molecule has 1 aliphatic carbocycles. The Morgan fingerprint density at radius 3 is 2.35 bits per heavy atom. The molecule has 1 unspecified atom stereocenters. The summed E-state index contributed by atoms with van der Waals surface area (Å²) in [4.78, 5) is 5.22. The lowest BCUT2D eigenvalue weighted by atomic mass is 10.0. The fraction of sp³-hybridized carbons (Fsp3) is 0.647. The number of nitrogens with two attached hydrogens (primary N) is 1. The van der Waals surface area contributed by atoms with E-state index in [1.54, 1.807) is 0 Å². The Morgan fingerprint density at radius 2 is 1.70 bits per heavy atom. The number of hydrogen-bond acceptors (Lipinski definition) is 3. The fourth-order valence-electron chi connectivity index (χ4n) is 3.76. The first kappa shape index (κ1) is 13.9. The lowest BCUT2D eigenvalue weighted by molar-refractivity contribution is 0.187. The molecular formula is C17H27N3. The van der Waals surface area contributed by atoms with Crippen LogP contribution in [0.2, 0.25) is 0 Å². The maximum absolute atomic E-state index is 6.11. The van der Waals surface area contributed by atoms with E-state index in [1.165, 1.54) is 50.0 Å². The first-order valence-corrected chi connectivity index (χ1v) is 8.09. The maximum atomic E-state index is 6.11. The van der Waals surface area contributed by atoms with E-state index in [0.29, 0.717) is 0 Å². The Labute approximate surface area is 122 Å². The van der Waals surface area contributed by atoms with Crippen molar-refractivity contribution < 1.29 is 0 Å². The normalized spacial score (nSPS) is 23.2. The van der Waals surface area contributed by atoms with Crippen LogP contribution < -0.4 is 10.6 Å². The van der Waals surface area contributed by atoms with Gasteiger partial charge in [-0.3, -0.25) is 4.90 Å². The molecule has 20 heavy (non-hydrogen) atoms. The minimum absolute atomic E-state index is 0.110. The van der Waals surface area contributed by atoms with Crippen LogP contribution in [0.1, 0.15) is 44.2 Å². The van der Waals surface area contributed by atoms with Gasteiger partial charge in [-0.25, -0.2) is 0 Å². The van der Waals surface area contributed by atoms with Gasteiger partial charge >= 0.3 is 0 Å². The maximum Gasteiger partial charge on any atom is 0.0415 e. The van der Waals surface area contributed by atoms with Crippen LogP contribution in [0, 0.1) is 0 Å². The van der Waals surface area contributed by atoms with Gasteiger partial charge in [-0.05, 0) is 31.4 Å². The quantitative estimate of drug-likeness (QED) is 0.919. The van der Waals surface area contributed by atoms with E-state index in [2.05, 4.69) is 41.0 Å². The third-order valence-corrected chi connectivity index (χ3v) is 4.92. The molecule has 1 saturated carbocycles. The Balaban J connectivity index is 1.66. The van der Waals surface area contributed by atoms with Crippen LogP contribution in [0.25, 0.3) is 0 Å². The average Bonchev–Trinajstić information content (AvgIpc) is 3.02. The van der Waals surface area contributed by atoms with Gasteiger partial charge in [-0.2, -0.15) is 0 Å². The van der Waals surface area contributed by atoms with Gasteiger partial charge in [-0.1, -0.05) is 31.0 Å². The van der Waals surface area contributed by atoms with Crippen molar-refractivity contribution in [1.29, 1.82) is 0 Å². The number of rotatable bonds is 3. The Hall–Kier alpha value is -1.06. The van der Waals surface area contributed by atoms with Gasteiger partial charge in [0, 0.05) is 44.0 Å². The van der Waals surface area contributed by atoms with Crippen LogP contribution >= 0.6 is 0 Å². The van der Waals surface area contributed by atoms with E-state index in [0.717, 1.165) is 19.1 Å². The van der Waals surface area contributed by atoms with Crippen molar-refractivity contribution in [3.8, 4) is 0 Å². The zero-order valence-electron chi connectivity index (χ0n) is 12.6. The van der Waals surface area contributed by atoms with Crippen molar-refractivity contribution in [2.24, 2.45) is 5.73 Å². The third kappa shape index (κ3) is 2.84. The van der Waals surface area contributed by atoms with E-state index in [1.807, 2.05) is 0 Å². The Kier molecular flexibility index (Phi) is 4.27. The lowest BCUT2D eigenvalue weighted by Crippen LogP contribution is -2.50. The zero-order valence-corrected chi connectivity index (χ0v) is 12.6. The standard InChI is InChI=1S/C17H27N3/c1-14(18)16-8-4-5-9-17(16)20-12-10-19(11-13-20)15-6-2-3-7-15/h4-5,8-9,14-15H,2-3,6-7,10-13,18H2,1H3. The van der Waals surface area contributed by atoms with E-state index in [9.17, 15) is 0 Å². The van der Waals surface area contributed by atoms with Crippen LogP contribution in [-0.2, 0) is 0 Å². The lowest BCUT2D eigenvalue weighted by Gasteiger charge is -2.40. The third-order valence-electron chi connectivity index (χ3n) is 4.92. The van der Waals surface area contributed by atoms with Crippen LogP contribution in [0.3, 0.4) is 0 Å². The van der Waals surface area contributed by atoms with Gasteiger partial charge in [0.2, 0.25) is 0 Å². The predicted molar refractivity (Wildman–Crippen MR) is 85.1 cm³/mol. The molecule has 0 aromatic heterocycles. The van der Waals surface area contributed by atoms with Crippen LogP contribution in [0.15, 0.2) is 24.3 Å². The smallest absolute Gasteiger partial charge is 0.0415 e. The monoisotopic (exact) mass is 273 g/mol. The molecule has 2 aliphatic rings. The molecule has 2 fully saturated rings. The minimum atomic E-state index is 0.110. The summed E-state index contributed by atoms with van der Waals surface area (Å²) < 4.78 is 0. The largest absolute Gasteiger partial charge is 0.369 e. The average molecular weight is 273 g/mol. The van der Waals surface area contributed by atoms with Crippen LogP contribution in [0.5, 0.6) is 0 Å². The second kappa shape index (κ2) is 6.15. The summed E-state index contributed by atoms with van der Waals surface area (Å²) in [5.41, 5.74) is 8.73. The van der Waals surface area contributed by atoms with E-state index >= 15 is 0 Å². The number of para-hydroxylation sites is 1. The molecule has 1 aliphatic heterocycles. The number of piperazine rings is 1. The highest BCUT2D eigenvalue weighted by molar-refractivity contribution is 5.55. The number of anilines is 1. The molecule has 3 nitrogen and oxygen atoms in total. The van der Waals surface area contributed by atoms with Crippen molar-refractivity contribution in [3.05, 3.63) is 29.8 Å². The molecule has 1 aromatic rings.